The molecule has 5 nitrogen and oxygen atoms in total. The second kappa shape index (κ2) is 6.00. The van der Waals surface area contributed by atoms with E-state index >= 15 is 0 Å². The molecule has 2 rings (SSSR count). The van der Waals surface area contributed by atoms with Crippen LogP contribution in [0.15, 0.2) is 45.7 Å². The number of aromatic nitrogens is 2. The summed E-state index contributed by atoms with van der Waals surface area (Å²) in [5.74, 6) is -0.346. The Labute approximate surface area is 124 Å². The van der Waals surface area contributed by atoms with E-state index in [1.807, 2.05) is 26.0 Å². The van der Waals surface area contributed by atoms with Crippen molar-refractivity contribution >= 4 is 27.5 Å². The Morgan fingerprint density at radius 3 is 2.45 bits per heavy atom. The molecule has 2 aromatic rings. The van der Waals surface area contributed by atoms with E-state index in [4.69, 9.17) is 0 Å². The number of hydrogen-bond donors (Lipinski definition) is 1. The van der Waals surface area contributed by atoms with Gasteiger partial charge < -0.3 is 5.32 Å². The molecule has 0 radical (unpaired) electrons. The van der Waals surface area contributed by atoms with Crippen LogP contribution in [0.2, 0.25) is 0 Å². The average molecular weight is 336 g/mol. The zero-order valence-electron chi connectivity index (χ0n) is 11.1. The van der Waals surface area contributed by atoms with Crippen LogP contribution in [0, 0.1) is 0 Å². The van der Waals surface area contributed by atoms with Gasteiger partial charge in [-0.15, -0.1) is 0 Å². The van der Waals surface area contributed by atoms with Gasteiger partial charge in [0.25, 0.3) is 11.5 Å². The van der Waals surface area contributed by atoms with Crippen molar-refractivity contribution in [3.05, 3.63) is 56.9 Å². The Morgan fingerprint density at radius 1 is 1.20 bits per heavy atom. The molecular formula is C14H14BrN3O2. The fourth-order valence-electron chi connectivity index (χ4n) is 1.64. The van der Waals surface area contributed by atoms with Crippen molar-refractivity contribution in [2.45, 2.75) is 19.9 Å². The van der Waals surface area contributed by atoms with E-state index in [1.165, 1.54) is 16.8 Å². The summed E-state index contributed by atoms with van der Waals surface area (Å²) in [5.41, 5.74) is 0.656. The van der Waals surface area contributed by atoms with Crippen LogP contribution in [-0.4, -0.2) is 15.7 Å². The molecule has 0 spiro atoms. The molecule has 1 aromatic carbocycles. The second-order valence-corrected chi connectivity index (χ2v) is 5.47. The summed E-state index contributed by atoms with van der Waals surface area (Å²) < 4.78 is 2.22. The fourth-order valence-corrected chi connectivity index (χ4v) is 1.91. The van der Waals surface area contributed by atoms with Gasteiger partial charge in [0.05, 0.1) is 6.04 Å². The van der Waals surface area contributed by atoms with Gasteiger partial charge in [0.2, 0.25) is 0 Å². The second-order valence-electron chi connectivity index (χ2n) is 4.56. The number of rotatable bonds is 3. The number of anilines is 1. The summed E-state index contributed by atoms with van der Waals surface area (Å²) in [7, 11) is 0. The quantitative estimate of drug-likeness (QED) is 0.937. The monoisotopic (exact) mass is 335 g/mol. The third-order valence-electron chi connectivity index (χ3n) is 2.65. The minimum Gasteiger partial charge on any atom is -0.321 e. The number of carbonyl (C=O) groups is 1. The Hall–Kier alpha value is -1.95. The lowest BCUT2D eigenvalue weighted by molar-refractivity contribution is 0.101. The lowest BCUT2D eigenvalue weighted by Gasteiger charge is -2.10. The Kier molecular flexibility index (Phi) is 4.34. The van der Waals surface area contributed by atoms with E-state index in [1.54, 1.807) is 12.1 Å². The molecule has 6 heteroatoms. The number of nitrogens with zero attached hydrogens (tertiary/aromatic N) is 2. The first-order valence-corrected chi connectivity index (χ1v) is 6.93. The highest BCUT2D eigenvalue weighted by atomic mass is 79.9. The minimum atomic E-state index is -0.346. The number of benzene rings is 1. The van der Waals surface area contributed by atoms with Gasteiger partial charge in [0.1, 0.15) is 5.69 Å². The van der Waals surface area contributed by atoms with Gasteiger partial charge in [-0.05, 0) is 44.2 Å². The van der Waals surface area contributed by atoms with Crippen molar-refractivity contribution in [1.82, 2.24) is 9.78 Å². The smallest absolute Gasteiger partial charge is 0.276 e. The number of carbonyl (C=O) groups excluding carboxylic acids is 1. The molecule has 0 bridgehead atoms. The number of amides is 1. The predicted molar refractivity (Wildman–Crippen MR) is 81.0 cm³/mol. The average Bonchev–Trinajstić information content (AvgIpc) is 2.41. The number of nitrogens with one attached hydrogen (secondary N) is 1. The van der Waals surface area contributed by atoms with E-state index in [0.29, 0.717) is 5.69 Å². The van der Waals surface area contributed by atoms with Crippen LogP contribution in [0.25, 0.3) is 0 Å². The van der Waals surface area contributed by atoms with Crippen LogP contribution in [-0.2, 0) is 0 Å². The molecule has 1 N–H and O–H groups in total. The molecule has 0 aliphatic heterocycles. The molecule has 0 fully saturated rings. The summed E-state index contributed by atoms with van der Waals surface area (Å²) in [6.45, 7) is 3.68. The maximum Gasteiger partial charge on any atom is 0.276 e. The normalized spacial score (nSPS) is 10.6. The summed E-state index contributed by atoms with van der Waals surface area (Å²) in [6, 6.07) is 9.90. The molecule has 0 saturated heterocycles. The Morgan fingerprint density at radius 2 is 1.85 bits per heavy atom. The molecule has 0 saturated carbocycles. The first-order chi connectivity index (χ1) is 9.47. The SMILES string of the molecule is CC(C)n1nc(C(=O)Nc2ccc(Br)cc2)ccc1=O. The van der Waals surface area contributed by atoms with Gasteiger partial charge in [-0.1, -0.05) is 15.9 Å². The molecule has 0 aliphatic rings. The molecule has 1 aromatic heterocycles. The number of halogens is 1. The maximum absolute atomic E-state index is 12.1. The van der Waals surface area contributed by atoms with Crippen molar-refractivity contribution in [2.24, 2.45) is 0 Å². The van der Waals surface area contributed by atoms with Crippen molar-refractivity contribution in [2.75, 3.05) is 5.32 Å². The maximum atomic E-state index is 12.1. The zero-order chi connectivity index (χ0) is 14.7. The van der Waals surface area contributed by atoms with Gasteiger partial charge in [-0.25, -0.2) is 4.68 Å². The van der Waals surface area contributed by atoms with Gasteiger partial charge in [-0.3, -0.25) is 9.59 Å². The van der Waals surface area contributed by atoms with Crippen LogP contribution in [0.3, 0.4) is 0 Å². The molecule has 104 valence electrons. The van der Waals surface area contributed by atoms with Crippen LogP contribution >= 0.6 is 15.9 Å². The lowest BCUT2D eigenvalue weighted by Crippen LogP contribution is -2.27. The van der Waals surface area contributed by atoms with E-state index in [9.17, 15) is 9.59 Å². The van der Waals surface area contributed by atoms with E-state index < -0.39 is 0 Å². The third-order valence-corrected chi connectivity index (χ3v) is 3.18. The molecule has 0 aliphatic carbocycles. The van der Waals surface area contributed by atoms with Crippen molar-refractivity contribution in [3.63, 3.8) is 0 Å². The summed E-state index contributed by atoms with van der Waals surface area (Å²) in [5, 5.41) is 6.80. The van der Waals surface area contributed by atoms with Gasteiger partial charge in [0.15, 0.2) is 0 Å². The molecule has 0 atom stereocenters. The van der Waals surface area contributed by atoms with Gasteiger partial charge in [0, 0.05) is 16.2 Å². The van der Waals surface area contributed by atoms with E-state index in [-0.39, 0.29) is 23.2 Å². The van der Waals surface area contributed by atoms with Crippen LogP contribution in [0.1, 0.15) is 30.4 Å². The Bertz CT molecular complexity index is 678. The lowest BCUT2D eigenvalue weighted by atomic mass is 10.3. The highest BCUT2D eigenvalue weighted by Crippen LogP contribution is 2.14. The molecular weight excluding hydrogens is 322 g/mol. The highest BCUT2D eigenvalue weighted by Gasteiger charge is 2.11. The fraction of sp³-hybridized carbons (Fsp3) is 0.214. The topological polar surface area (TPSA) is 64.0 Å². The van der Waals surface area contributed by atoms with E-state index in [2.05, 4.69) is 26.3 Å². The number of hydrogen-bond acceptors (Lipinski definition) is 3. The van der Waals surface area contributed by atoms with Crippen LogP contribution < -0.4 is 10.9 Å². The van der Waals surface area contributed by atoms with Crippen molar-refractivity contribution in [1.29, 1.82) is 0 Å². The van der Waals surface area contributed by atoms with E-state index in [0.717, 1.165) is 4.47 Å². The zero-order valence-corrected chi connectivity index (χ0v) is 12.7. The third kappa shape index (κ3) is 3.33. The van der Waals surface area contributed by atoms with Crippen molar-refractivity contribution < 1.29 is 4.79 Å². The highest BCUT2D eigenvalue weighted by molar-refractivity contribution is 9.10. The van der Waals surface area contributed by atoms with Crippen molar-refractivity contribution in [3.8, 4) is 0 Å². The molecule has 20 heavy (non-hydrogen) atoms. The van der Waals surface area contributed by atoms with Crippen LogP contribution in [0.5, 0.6) is 0 Å². The summed E-state index contributed by atoms with van der Waals surface area (Å²) in [6.07, 6.45) is 0. The largest absolute Gasteiger partial charge is 0.321 e. The van der Waals surface area contributed by atoms with Gasteiger partial charge in [-0.2, -0.15) is 5.10 Å². The first-order valence-electron chi connectivity index (χ1n) is 6.14. The van der Waals surface area contributed by atoms with Crippen LogP contribution in [0.4, 0.5) is 5.69 Å². The summed E-state index contributed by atoms with van der Waals surface area (Å²) in [4.78, 5) is 23.7. The molecule has 0 unspecified atom stereocenters. The standard InChI is InChI=1S/C14H14BrN3O2/c1-9(2)18-13(19)8-7-12(17-18)14(20)16-11-5-3-10(15)4-6-11/h3-9H,1-2H3,(H,16,20). The molecule has 1 heterocycles. The Balaban J connectivity index is 2.23. The minimum absolute atomic E-state index is 0.0945. The predicted octanol–water partition coefficient (Wildman–Crippen LogP) is 2.84. The first kappa shape index (κ1) is 14.5. The summed E-state index contributed by atoms with van der Waals surface area (Å²) >= 11 is 3.33. The van der Waals surface area contributed by atoms with Gasteiger partial charge >= 0.3 is 0 Å². The molecule has 1 amide bonds.